The van der Waals surface area contributed by atoms with Crippen LogP contribution in [-0.2, 0) is 25.4 Å². The largest absolute Gasteiger partial charge is 0.487 e. The first kappa shape index (κ1) is 59.8. The van der Waals surface area contributed by atoms with Crippen molar-refractivity contribution in [2.24, 2.45) is 5.92 Å². The van der Waals surface area contributed by atoms with Gasteiger partial charge in [-0.3, -0.25) is 29.1 Å². The van der Waals surface area contributed by atoms with Crippen molar-refractivity contribution >= 4 is 63.7 Å². The summed E-state index contributed by atoms with van der Waals surface area (Å²) in [7, 11) is 0. The van der Waals surface area contributed by atoms with E-state index in [0.717, 1.165) is 51.5 Å². The van der Waals surface area contributed by atoms with E-state index in [9.17, 15) is 42.7 Å². The molecule has 3 N–H and O–H groups in total. The van der Waals surface area contributed by atoms with Crippen LogP contribution in [0.25, 0.3) is 21.7 Å². The zero-order valence-corrected chi connectivity index (χ0v) is 47.5. The average molecular weight is 1190 g/mol. The highest BCUT2D eigenvalue weighted by Gasteiger charge is 2.52. The number of aliphatic hydroxyl groups is 1. The summed E-state index contributed by atoms with van der Waals surface area (Å²) in [5, 5.41) is 29.5. The molecule has 436 valence electrons. The van der Waals surface area contributed by atoms with Crippen LogP contribution in [-0.4, -0.2) is 115 Å². The molecule has 3 aliphatic rings. The standard InChI is InChI=1S/C58H58F6N10O7S2/c1-30(2)48(46-21-31(3)70-81-46)54(78)72-28-38(75)24-44(72)53(77)69-42(33-7-9-34(10-8-33)52-32(4)68-29-83-52)25-47(76)66-17-20-71-18-15-39(16-19-71)80-45-14-12-35(22-40(45)59)51-41(60)23-37(27-67-51)74-56(82)73(55(79)57(74,5)6)43-13-11-36(26-65)49(50(43)61)58(62,63)64/h7-14,21-23,27,29-30,38-39,42,44,48,75H,15-20,24-25,28H2,1-6H3,(H,66,76)(H,69,77)/t38-,42+,44+,48?/m1/s1. The van der Waals surface area contributed by atoms with Gasteiger partial charge in [0, 0.05) is 56.8 Å². The molecule has 4 amide bonds. The number of carbonyl (C=O) groups is 4. The van der Waals surface area contributed by atoms with E-state index in [0.29, 0.717) is 54.4 Å². The van der Waals surface area contributed by atoms with Crippen molar-refractivity contribution in [1.29, 1.82) is 5.26 Å². The van der Waals surface area contributed by atoms with Crippen LogP contribution in [0.2, 0.25) is 0 Å². The van der Waals surface area contributed by atoms with Crippen LogP contribution >= 0.6 is 23.6 Å². The number of nitrogens with one attached hydrogen (secondary N) is 2. The first-order chi connectivity index (χ1) is 39.4. The van der Waals surface area contributed by atoms with Crippen molar-refractivity contribution in [3.05, 3.63) is 130 Å². The molecule has 6 aromatic rings. The number of piperidine rings is 1. The molecular weight excluding hydrogens is 1130 g/mol. The second-order valence-corrected chi connectivity index (χ2v) is 22.8. The second-order valence-electron chi connectivity index (χ2n) is 21.6. The number of alkyl halides is 3. The molecule has 3 aliphatic heterocycles. The number of halogens is 6. The summed E-state index contributed by atoms with van der Waals surface area (Å²) in [5.41, 5.74) is -0.949. The number of hydrogen-bond acceptors (Lipinski definition) is 14. The van der Waals surface area contributed by atoms with Gasteiger partial charge in [0.1, 0.15) is 40.6 Å². The van der Waals surface area contributed by atoms with Gasteiger partial charge in [-0.25, -0.2) is 18.2 Å². The summed E-state index contributed by atoms with van der Waals surface area (Å²) in [6.07, 6.45) is -4.58. The first-order valence-corrected chi connectivity index (χ1v) is 28.0. The fraction of sp³-hybridized carbons (Fsp3) is 0.397. The van der Waals surface area contributed by atoms with Crippen molar-refractivity contribution in [2.45, 2.75) is 109 Å². The highest BCUT2D eigenvalue weighted by Crippen LogP contribution is 2.43. The van der Waals surface area contributed by atoms with E-state index in [1.54, 1.807) is 18.5 Å². The van der Waals surface area contributed by atoms with E-state index in [1.165, 1.54) is 48.3 Å². The van der Waals surface area contributed by atoms with Gasteiger partial charge in [-0.1, -0.05) is 43.3 Å². The van der Waals surface area contributed by atoms with Crippen LogP contribution in [0.15, 0.2) is 83.0 Å². The van der Waals surface area contributed by atoms with Crippen molar-refractivity contribution in [1.82, 2.24) is 35.6 Å². The molecule has 0 aliphatic carbocycles. The number of nitriles is 1. The summed E-state index contributed by atoms with van der Waals surface area (Å²) in [6, 6.07) is 15.0. The van der Waals surface area contributed by atoms with Crippen molar-refractivity contribution in [3.63, 3.8) is 0 Å². The number of β-amino-alcohol motifs (C(OH)–C–C–N with tert-alkyl or cyclic N) is 1. The van der Waals surface area contributed by atoms with Crippen molar-refractivity contribution in [2.75, 3.05) is 42.5 Å². The van der Waals surface area contributed by atoms with Gasteiger partial charge in [0.2, 0.25) is 17.7 Å². The number of amides is 4. The smallest absolute Gasteiger partial charge is 0.420 e. The molecule has 0 spiro atoms. The Labute approximate surface area is 483 Å². The quantitative estimate of drug-likeness (QED) is 0.0574. The number of aryl methyl sites for hydroxylation is 2. The number of thiocarbonyl (C=S) groups is 1. The summed E-state index contributed by atoms with van der Waals surface area (Å²) in [5.74, 6) is -6.50. The van der Waals surface area contributed by atoms with Crippen LogP contribution in [0, 0.1) is 48.5 Å². The maximum absolute atomic E-state index is 15.9. The third kappa shape index (κ3) is 12.5. The fourth-order valence-corrected chi connectivity index (χ4v) is 12.1. The van der Waals surface area contributed by atoms with Gasteiger partial charge in [0.15, 0.2) is 28.3 Å². The third-order valence-electron chi connectivity index (χ3n) is 15.1. The topological polar surface area (TPSA) is 210 Å². The highest BCUT2D eigenvalue weighted by molar-refractivity contribution is 7.81. The molecular formula is C58H58F6N10O7S2. The van der Waals surface area contributed by atoms with E-state index in [-0.39, 0.29) is 72.5 Å². The lowest BCUT2D eigenvalue weighted by Gasteiger charge is -2.32. The number of rotatable bonds is 17. The Hall–Kier alpha value is -7.79. The lowest BCUT2D eigenvalue weighted by molar-refractivity contribution is -0.141. The molecule has 83 heavy (non-hydrogen) atoms. The van der Waals surface area contributed by atoms with E-state index in [2.05, 4.69) is 30.7 Å². The maximum atomic E-state index is 15.9. The number of likely N-dealkylation sites (tertiary alicyclic amines) is 2. The van der Waals surface area contributed by atoms with E-state index >= 15 is 13.2 Å². The second kappa shape index (κ2) is 24.2. The zero-order valence-electron chi connectivity index (χ0n) is 45.9. The Bertz CT molecular complexity index is 3510. The zero-order chi connectivity index (χ0) is 59.8. The Morgan fingerprint density at radius 3 is 2.31 bits per heavy atom. The Morgan fingerprint density at radius 1 is 0.988 bits per heavy atom. The van der Waals surface area contributed by atoms with Crippen LogP contribution < -0.4 is 25.2 Å². The summed E-state index contributed by atoms with van der Waals surface area (Å²) in [6.45, 7) is 11.9. The van der Waals surface area contributed by atoms with Gasteiger partial charge in [-0.2, -0.15) is 18.4 Å². The minimum Gasteiger partial charge on any atom is -0.487 e. The normalized spacial score (nSPS) is 18.4. The van der Waals surface area contributed by atoms with Crippen LogP contribution in [0.1, 0.15) is 99.2 Å². The molecule has 0 radical (unpaired) electrons. The number of ether oxygens (including phenoxy) is 1. The van der Waals surface area contributed by atoms with Gasteiger partial charge in [-0.15, -0.1) is 11.3 Å². The number of aliphatic hydroxyl groups excluding tert-OH is 1. The van der Waals surface area contributed by atoms with Crippen LogP contribution in [0.3, 0.4) is 0 Å². The van der Waals surface area contributed by atoms with Gasteiger partial charge >= 0.3 is 6.18 Å². The van der Waals surface area contributed by atoms with Gasteiger partial charge in [0.25, 0.3) is 5.91 Å². The van der Waals surface area contributed by atoms with Gasteiger partial charge < -0.3 is 39.7 Å². The molecule has 4 atom stereocenters. The monoisotopic (exact) mass is 1180 g/mol. The Kier molecular flexibility index (Phi) is 17.4. The average Bonchev–Trinajstić information content (AvgIpc) is 4.22. The van der Waals surface area contributed by atoms with Crippen molar-refractivity contribution in [3.8, 4) is 33.5 Å². The number of benzene rings is 3. The number of aromatic nitrogens is 3. The highest BCUT2D eigenvalue weighted by atomic mass is 32.1. The maximum Gasteiger partial charge on any atom is 0.420 e. The molecule has 3 saturated heterocycles. The van der Waals surface area contributed by atoms with Crippen LogP contribution in [0.4, 0.5) is 37.7 Å². The lowest BCUT2D eigenvalue weighted by atomic mass is 9.91. The third-order valence-corrected chi connectivity index (χ3v) is 16.4. The van der Waals surface area contributed by atoms with Gasteiger partial charge in [0.05, 0.1) is 69.5 Å². The molecule has 3 aromatic carbocycles. The predicted octanol–water partition coefficient (Wildman–Crippen LogP) is 9.31. The van der Waals surface area contributed by atoms with E-state index < -0.39 is 87.0 Å². The number of thiazole rings is 1. The van der Waals surface area contributed by atoms with Crippen LogP contribution in [0.5, 0.6) is 5.75 Å². The molecule has 17 nitrogen and oxygen atoms in total. The number of anilines is 2. The number of carbonyl (C=O) groups excluding carboxylic acids is 4. The summed E-state index contributed by atoms with van der Waals surface area (Å²) >= 11 is 6.96. The fourth-order valence-electron chi connectivity index (χ4n) is 10.8. The molecule has 9 rings (SSSR count). The Balaban J connectivity index is 0.795. The summed E-state index contributed by atoms with van der Waals surface area (Å²) in [4.78, 5) is 70.4. The van der Waals surface area contributed by atoms with E-state index in [4.69, 9.17) is 21.5 Å². The molecule has 3 fully saturated rings. The Morgan fingerprint density at radius 2 is 1.70 bits per heavy atom. The molecule has 6 heterocycles. The number of pyridine rings is 1. The molecule has 0 bridgehead atoms. The minimum absolute atomic E-state index is 0.00351. The summed E-state index contributed by atoms with van der Waals surface area (Å²) < 4.78 is 100. The molecule has 3 aromatic heterocycles. The SMILES string of the molecule is Cc1cc(C(C(=O)N2C[C@H](O)C[C@H]2C(=O)N[C@@H](CC(=O)NCCN2CCC(Oc3ccc(-c4ncc(N5C(=S)N(c6ccc(C#N)c(C(F)(F)F)c6F)C(=O)C5(C)C)cc4F)cc3F)CC2)c2ccc(-c3scnc3C)cc2)C(C)C)on1. The predicted molar refractivity (Wildman–Crippen MR) is 298 cm³/mol. The van der Waals surface area contributed by atoms with Gasteiger partial charge in [-0.05, 0) is 100 Å². The molecule has 25 heteroatoms. The minimum atomic E-state index is -5.28. The van der Waals surface area contributed by atoms with E-state index in [1.807, 2.05) is 45.0 Å². The number of nitrogens with zero attached hydrogens (tertiary/aromatic N) is 8. The lowest BCUT2D eigenvalue weighted by Crippen LogP contribution is -2.49. The first-order valence-electron chi connectivity index (χ1n) is 26.7. The molecule has 0 saturated carbocycles. The molecule has 1 unspecified atom stereocenters. The van der Waals surface area contributed by atoms with Crippen molar-refractivity contribution < 1.29 is 59.9 Å². The number of hydrogen-bond donors (Lipinski definition) is 3.